The average Bonchev–Trinajstić information content (AvgIpc) is 2.56. The molecule has 1 aromatic rings. The van der Waals surface area contributed by atoms with Gasteiger partial charge in [0.15, 0.2) is 6.29 Å². The predicted molar refractivity (Wildman–Crippen MR) is 87.4 cm³/mol. The zero-order valence-electron chi connectivity index (χ0n) is 13.8. The summed E-state index contributed by atoms with van der Waals surface area (Å²) in [6, 6.07) is 8.13. The van der Waals surface area contributed by atoms with Gasteiger partial charge in [0.25, 0.3) is 0 Å². The highest BCUT2D eigenvalue weighted by Gasteiger charge is 2.31. The Bertz CT molecular complexity index is 522. The fraction of sp³-hybridized carbons (Fsp3) is 0.632. The van der Waals surface area contributed by atoms with Gasteiger partial charge >= 0.3 is 5.97 Å². The summed E-state index contributed by atoms with van der Waals surface area (Å²) in [4.78, 5) is 11.4. The zero-order chi connectivity index (χ0) is 16.1. The zero-order valence-corrected chi connectivity index (χ0v) is 13.8. The molecule has 1 saturated carbocycles. The van der Waals surface area contributed by atoms with Crippen LogP contribution in [0.3, 0.4) is 0 Å². The number of hydrogen-bond acceptors (Lipinski definition) is 4. The number of esters is 1. The lowest BCUT2D eigenvalue weighted by Gasteiger charge is -2.33. The van der Waals surface area contributed by atoms with E-state index >= 15 is 0 Å². The van der Waals surface area contributed by atoms with Gasteiger partial charge in [0.2, 0.25) is 0 Å². The Labute approximate surface area is 138 Å². The van der Waals surface area contributed by atoms with Gasteiger partial charge in [0, 0.05) is 24.8 Å². The highest BCUT2D eigenvalue weighted by molar-refractivity contribution is 5.66. The Morgan fingerprint density at radius 3 is 2.65 bits per heavy atom. The molecule has 1 aliphatic carbocycles. The van der Waals surface area contributed by atoms with E-state index in [4.69, 9.17) is 14.2 Å². The van der Waals surface area contributed by atoms with Gasteiger partial charge in [-0.1, -0.05) is 24.6 Å². The van der Waals surface area contributed by atoms with Crippen molar-refractivity contribution in [3.05, 3.63) is 29.8 Å². The van der Waals surface area contributed by atoms with Crippen LogP contribution in [0.1, 0.15) is 63.4 Å². The predicted octanol–water partition coefficient (Wildman–Crippen LogP) is 4.18. The van der Waals surface area contributed by atoms with E-state index in [0.29, 0.717) is 0 Å². The van der Waals surface area contributed by atoms with Gasteiger partial charge in [-0.15, -0.1) is 0 Å². The SMILES string of the molecule is CC(=O)O[C@H]1CCCC[C@@H]1c1ccccc1OC1CCCCO1. The molecule has 0 aromatic heterocycles. The minimum absolute atomic E-state index is 0.0433. The van der Waals surface area contributed by atoms with Crippen LogP contribution < -0.4 is 4.74 Å². The minimum Gasteiger partial charge on any atom is -0.465 e. The maximum Gasteiger partial charge on any atom is 0.302 e. The molecule has 0 amide bonds. The summed E-state index contributed by atoms with van der Waals surface area (Å²) in [6.45, 7) is 2.26. The van der Waals surface area contributed by atoms with Crippen LogP contribution in [0.15, 0.2) is 24.3 Å². The van der Waals surface area contributed by atoms with E-state index in [2.05, 4.69) is 6.07 Å². The number of carbonyl (C=O) groups excluding carboxylic acids is 1. The molecule has 4 nitrogen and oxygen atoms in total. The summed E-state index contributed by atoms with van der Waals surface area (Å²) < 4.78 is 17.4. The molecule has 1 aromatic carbocycles. The van der Waals surface area contributed by atoms with Crippen molar-refractivity contribution in [2.24, 2.45) is 0 Å². The lowest BCUT2D eigenvalue weighted by atomic mass is 9.81. The summed E-state index contributed by atoms with van der Waals surface area (Å²) >= 11 is 0. The summed E-state index contributed by atoms with van der Waals surface area (Å²) in [7, 11) is 0. The van der Waals surface area contributed by atoms with Crippen LogP contribution in [0.25, 0.3) is 0 Å². The van der Waals surface area contributed by atoms with Crippen molar-refractivity contribution in [3.63, 3.8) is 0 Å². The van der Waals surface area contributed by atoms with Crippen LogP contribution in [0.5, 0.6) is 5.75 Å². The topological polar surface area (TPSA) is 44.8 Å². The molecule has 4 heteroatoms. The van der Waals surface area contributed by atoms with E-state index < -0.39 is 0 Å². The van der Waals surface area contributed by atoms with Crippen LogP contribution in [-0.2, 0) is 14.3 Å². The molecule has 23 heavy (non-hydrogen) atoms. The molecule has 2 fully saturated rings. The number of ether oxygens (including phenoxy) is 3. The molecule has 1 unspecified atom stereocenters. The normalized spacial score (nSPS) is 28.1. The van der Waals surface area contributed by atoms with Crippen molar-refractivity contribution in [2.45, 2.75) is 70.2 Å². The van der Waals surface area contributed by atoms with E-state index in [0.717, 1.165) is 62.9 Å². The number of carbonyl (C=O) groups is 1. The monoisotopic (exact) mass is 318 g/mol. The molecule has 0 bridgehead atoms. The van der Waals surface area contributed by atoms with Gasteiger partial charge in [-0.2, -0.15) is 0 Å². The molecular weight excluding hydrogens is 292 g/mol. The number of rotatable bonds is 4. The maximum atomic E-state index is 11.4. The molecule has 0 radical (unpaired) electrons. The van der Waals surface area contributed by atoms with Crippen LogP contribution >= 0.6 is 0 Å². The minimum atomic E-state index is -0.198. The molecule has 3 rings (SSSR count). The Morgan fingerprint density at radius 1 is 1.09 bits per heavy atom. The Hall–Kier alpha value is -1.55. The Kier molecular flexibility index (Phi) is 5.55. The second kappa shape index (κ2) is 7.82. The lowest BCUT2D eigenvalue weighted by molar-refractivity contribution is -0.149. The quantitative estimate of drug-likeness (QED) is 0.781. The third-order valence-electron chi connectivity index (χ3n) is 4.73. The summed E-state index contributed by atoms with van der Waals surface area (Å²) in [6.07, 6.45) is 7.23. The molecule has 3 atom stereocenters. The Morgan fingerprint density at radius 2 is 1.87 bits per heavy atom. The first-order chi connectivity index (χ1) is 11.2. The number of benzene rings is 1. The van der Waals surface area contributed by atoms with Crippen LogP contribution in [0.2, 0.25) is 0 Å². The van der Waals surface area contributed by atoms with Gasteiger partial charge in [-0.25, -0.2) is 0 Å². The number of para-hydroxylation sites is 1. The van der Waals surface area contributed by atoms with E-state index in [1.807, 2.05) is 18.2 Å². The average molecular weight is 318 g/mol. The standard InChI is InChI=1S/C19H26O4/c1-14(20)22-17-10-4-2-8-15(17)16-9-3-5-11-18(16)23-19-12-6-7-13-21-19/h3,5,9,11,15,17,19H,2,4,6-8,10,12-13H2,1H3/t15-,17+,19?/m1/s1. The van der Waals surface area contributed by atoms with E-state index in [1.54, 1.807) is 0 Å². The second-order valence-corrected chi connectivity index (χ2v) is 6.49. The van der Waals surface area contributed by atoms with Crippen LogP contribution in [0, 0.1) is 0 Å². The van der Waals surface area contributed by atoms with Gasteiger partial charge in [-0.05, 0) is 38.2 Å². The second-order valence-electron chi connectivity index (χ2n) is 6.49. The smallest absolute Gasteiger partial charge is 0.302 e. The van der Waals surface area contributed by atoms with Crippen molar-refractivity contribution >= 4 is 5.97 Å². The van der Waals surface area contributed by atoms with Gasteiger partial charge in [-0.3, -0.25) is 4.79 Å². The van der Waals surface area contributed by atoms with Gasteiger partial charge in [0.1, 0.15) is 11.9 Å². The van der Waals surface area contributed by atoms with Crippen LogP contribution in [-0.4, -0.2) is 25.0 Å². The highest BCUT2D eigenvalue weighted by atomic mass is 16.7. The molecule has 0 spiro atoms. The first-order valence-corrected chi connectivity index (χ1v) is 8.78. The van der Waals surface area contributed by atoms with E-state index in [1.165, 1.54) is 6.92 Å². The molecule has 0 N–H and O–H groups in total. The summed E-state index contributed by atoms with van der Waals surface area (Å²) in [5.74, 6) is 0.895. The molecule has 2 aliphatic rings. The first kappa shape index (κ1) is 16.3. The van der Waals surface area contributed by atoms with Crippen molar-refractivity contribution in [2.75, 3.05) is 6.61 Å². The third-order valence-corrected chi connectivity index (χ3v) is 4.73. The maximum absolute atomic E-state index is 11.4. The van der Waals surface area contributed by atoms with Gasteiger partial charge < -0.3 is 14.2 Å². The van der Waals surface area contributed by atoms with Crippen molar-refractivity contribution < 1.29 is 19.0 Å². The van der Waals surface area contributed by atoms with E-state index in [9.17, 15) is 4.79 Å². The lowest BCUT2D eigenvalue weighted by Crippen LogP contribution is -2.29. The fourth-order valence-electron chi connectivity index (χ4n) is 3.65. The van der Waals surface area contributed by atoms with Gasteiger partial charge in [0.05, 0.1) is 6.61 Å². The Balaban J connectivity index is 1.78. The van der Waals surface area contributed by atoms with Crippen LogP contribution in [0.4, 0.5) is 0 Å². The van der Waals surface area contributed by atoms with Crippen molar-refractivity contribution in [1.29, 1.82) is 0 Å². The van der Waals surface area contributed by atoms with Crippen molar-refractivity contribution in [1.82, 2.24) is 0 Å². The third kappa shape index (κ3) is 4.25. The summed E-state index contributed by atoms with van der Waals surface area (Å²) in [5.41, 5.74) is 1.15. The molecule has 1 saturated heterocycles. The summed E-state index contributed by atoms with van der Waals surface area (Å²) in [5, 5.41) is 0. The molecule has 126 valence electrons. The fourth-order valence-corrected chi connectivity index (χ4v) is 3.65. The molecule has 1 aliphatic heterocycles. The number of hydrogen-bond donors (Lipinski definition) is 0. The molecular formula is C19H26O4. The van der Waals surface area contributed by atoms with Crippen molar-refractivity contribution in [3.8, 4) is 5.75 Å². The van der Waals surface area contributed by atoms with E-state index in [-0.39, 0.29) is 24.3 Å². The highest BCUT2D eigenvalue weighted by Crippen LogP contribution is 2.39. The first-order valence-electron chi connectivity index (χ1n) is 8.78. The molecule has 1 heterocycles. The largest absolute Gasteiger partial charge is 0.465 e.